The van der Waals surface area contributed by atoms with Crippen molar-refractivity contribution in [3.63, 3.8) is 0 Å². The predicted molar refractivity (Wildman–Crippen MR) is 81.9 cm³/mol. The Bertz CT molecular complexity index is 573. The normalized spacial score (nSPS) is 11.7. The van der Waals surface area contributed by atoms with Gasteiger partial charge in [-0.25, -0.2) is 8.42 Å². The van der Waals surface area contributed by atoms with Crippen molar-refractivity contribution in [2.45, 2.75) is 18.2 Å². The van der Waals surface area contributed by atoms with Crippen molar-refractivity contribution in [2.75, 3.05) is 27.2 Å². The van der Waals surface area contributed by atoms with Crippen LogP contribution in [-0.4, -0.2) is 50.7 Å². The standard InChI is InChI=1S/C13H19BrN2O3S/c1-4-9-16(10-13(17)15(2)3)20(18,19)12-8-6-5-7-11(12)14/h5-8H,4,9-10H2,1-3H3. The van der Waals surface area contributed by atoms with Gasteiger partial charge in [0.1, 0.15) is 0 Å². The molecule has 0 bridgehead atoms. The van der Waals surface area contributed by atoms with Crippen LogP contribution in [0.1, 0.15) is 13.3 Å². The molecule has 0 aliphatic rings. The summed E-state index contributed by atoms with van der Waals surface area (Å²) in [5, 5.41) is 0. The van der Waals surface area contributed by atoms with E-state index < -0.39 is 10.0 Å². The minimum atomic E-state index is -3.68. The number of hydrogen-bond acceptors (Lipinski definition) is 3. The molecule has 0 saturated heterocycles. The Labute approximate surface area is 128 Å². The minimum Gasteiger partial charge on any atom is -0.348 e. The molecule has 20 heavy (non-hydrogen) atoms. The Hall–Kier alpha value is -0.920. The van der Waals surface area contributed by atoms with E-state index in [0.717, 1.165) is 0 Å². The maximum absolute atomic E-state index is 12.6. The monoisotopic (exact) mass is 362 g/mol. The first-order valence-electron chi connectivity index (χ1n) is 6.25. The summed E-state index contributed by atoms with van der Waals surface area (Å²) >= 11 is 3.25. The fraction of sp³-hybridized carbons (Fsp3) is 0.462. The highest BCUT2D eigenvalue weighted by molar-refractivity contribution is 9.10. The number of likely N-dealkylation sites (N-methyl/N-ethyl adjacent to an activating group) is 1. The molecule has 1 rings (SSSR count). The van der Waals surface area contributed by atoms with Crippen LogP contribution in [0.4, 0.5) is 0 Å². The van der Waals surface area contributed by atoms with E-state index in [1.54, 1.807) is 32.3 Å². The smallest absolute Gasteiger partial charge is 0.244 e. The highest BCUT2D eigenvalue weighted by Gasteiger charge is 2.27. The number of benzene rings is 1. The van der Waals surface area contributed by atoms with Gasteiger partial charge in [-0.2, -0.15) is 4.31 Å². The highest BCUT2D eigenvalue weighted by Crippen LogP contribution is 2.24. The average molecular weight is 363 g/mol. The van der Waals surface area contributed by atoms with Gasteiger partial charge in [0.05, 0.1) is 11.4 Å². The Morgan fingerprint density at radius 3 is 2.35 bits per heavy atom. The van der Waals surface area contributed by atoms with E-state index in [1.165, 1.54) is 15.3 Å². The summed E-state index contributed by atoms with van der Waals surface area (Å²) in [5.41, 5.74) is 0. The van der Waals surface area contributed by atoms with Gasteiger partial charge in [0, 0.05) is 25.1 Å². The van der Waals surface area contributed by atoms with Crippen molar-refractivity contribution in [1.82, 2.24) is 9.21 Å². The second-order valence-corrected chi connectivity index (χ2v) is 7.32. The van der Waals surface area contributed by atoms with Crippen LogP contribution in [0, 0.1) is 0 Å². The molecular formula is C13H19BrN2O3S. The Balaban J connectivity index is 3.13. The van der Waals surface area contributed by atoms with Crippen LogP contribution >= 0.6 is 15.9 Å². The summed E-state index contributed by atoms with van der Waals surface area (Å²) < 4.78 is 27.0. The molecule has 0 aliphatic heterocycles. The van der Waals surface area contributed by atoms with Gasteiger partial charge in [-0.05, 0) is 34.5 Å². The van der Waals surface area contributed by atoms with Gasteiger partial charge in [0.15, 0.2) is 0 Å². The van der Waals surface area contributed by atoms with Crippen molar-refractivity contribution >= 4 is 31.9 Å². The fourth-order valence-electron chi connectivity index (χ4n) is 1.62. The SMILES string of the molecule is CCCN(CC(=O)N(C)C)S(=O)(=O)c1ccccc1Br. The molecule has 0 unspecified atom stereocenters. The molecule has 0 fully saturated rings. The van der Waals surface area contributed by atoms with Gasteiger partial charge < -0.3 is 4.90 Å². The minimum absolute atomic E-state index is 0.148. The van der Waals surface area contributed by atoms with E-state index in [1.807, 2.05) is 6.92 Å². The summed E-state index contributed by atoms with van der Waals surface area (Å²) in [4.78, 5) is 13.4. The van der Waals surface area contributed by atoms with Crippen molar-refractivity contribution in [3.05, 3.63) is 28.7 Å². The molecule has 0 radical (unpaired) electrons. The Kier molecular flexibility index (Phi) is 6.16. The summed E-state index contributed by atoms with van der Waals surface area (Å²) in [6.45, 7) is 2.04. The van der Waals surface area contributed by atoms with Gasteiger partial charge in [0.2, 0.25) is 15.9 Å². The summed E-state index contributed by atoms with van der Waals surface area (Å²) in [6.07, 6.45) is 0.643. The molecule has 0 N–H and O–H groups in total. The van der Waals surface area contributed by atoms with Crippen LogP contribution in [-0.2, 0) is 14.8 Å². The first-order chi connectivity index (χ1) is 9.30. The second-order valence-electron chi connectivity index (χ2n) is 4.56. The molecule has 0 aromatic heterocycles. The average Bonchev–Trinajstić information content (AvgIpc) is 2.38. The maximum Gasteiger partial charge on any atom is 0.244 e. The van der Waals surface area contributed by atoms with E-state index >= 15 is 0 Å². The Morgan fingerprint density at radius 1 is 1.25 bits per heavy atom. The lowest BCUT2D eigenvalue weighted by molar-refractivity contribution is -0.128. The summed E-state index contributed by atoms with van der Waals surface area (Å²) in [7, 11) is -0.466. The number of sulfonamides is 1. The lowest BCUT2D eigenvalue weighted by atomic mass is 10.4. The van der Waals surface area contributed by atoms with Gasteiger partial charge in [0.25, 0.3) is 0 Å². The number of nitrogens with zero attached hydrogens (tertiary/aromatic N) is 2. The lowest BCUT2D eigenvalue weighted by Gasteiger charge is -2.23. The quantitative estimate of drug-likeness (QED) is 0.776. The number of carbonyl (C=O) groups excluding carboxylic acids is 1. The third-order valence-corrected chi connectivity index (χ3v) is 5.60. The molecule has 1 aromatic rings. The maximum atomic E-state index is 12.6. The van der Waals surface area contributed by atoms with Crippen molar-refractivity contribution in [1.29, 1.82) is 0 Å². The molecule has 0 heterocycles. The number of hydrogen-bond donors (Lipinski definition) is 0. The molecule has 5 nitrogen and oxygen atoms in total. The molecule has 1 aromatic carbocycles. The van der Waals surface area contributed by atoms with Gasteiger partial charge in [-0.3, -0.25) is 4.79 Å². The third kappa shape index (κ3) is 4.04. The lowest BCUT2D eigenvalue weighted by Crippen LogP contribution is -2.40. The van der Waals surface area contributed by atoms with E-state index in [-0.39, 0.29) is 17.3 Å². The molecule has 1 amide bonds. The zero-order chi connectivity index (χ0) is 15.3. The molecule has 0 spiro atoms. The van der Waals surface area contributed by atoms with Crippen LogP contribution in [0.5, 0.6) is 0 Å². The zero-order valence-corrected chi connectivity index (χ0v) is 14.2. The van der Waals surface area contributed by atoms with Crippen LogP contribution in [0.2, 0.25) is 0 Å². The van der Waals surface area contributed by atoms with Crippen LogP contribution in [0.25, 0.3) is 0 Å². The Morgan fingerprint density at radius 2 is 1.85 bits per heavy atom. The van der Waals surface area contributed by atoms with Crippen molar-refractivity contribution in [3.8, 4) is 0 Å². The molecule has 0 saturated carbocycles. The molecule has 0 aliphatic carbocycles. The van der Waals surface area contributed by atoms with Crippen molar-refractivity contribution in [2.24, 2.45) is 0 Å². The van der Waals surface area contributed by atoms with Gasteiger partial charge in [-0.15, -0.1) is 0 Å². The molecule has 7 heteroatoms. The van der Waals surface area contributed by atoms with Crippen molar-refractivity contribution < 1.29 is 13.2 Å². The predicted octanol–water partition coefficient (Wildman–Crippen LogP) is 1.94. The zero-order valence-electron chi connectivity index (χ0n) is 11.8. The molecule has 0 atom stereocenters. The van der Waals surface area contributed by atoms with E-state index in [9.17, 15) is 13.2 Å². The van der Waals surface area contributed by atoms with Crippen LogP contribution < -0.4 is 0 Å². The number of halogens is 1. The number of amides is 1. The molecular weight excluding hydrogens is 344 g/mol. The topological polar surface area (TPSA) is 57.7 Å². The summed E-state index contributed by atoms with van der Waals surface area (Å²) in [5.74, 6) is -0.242. The largest absolute Gasteiger partial charge is 0.348 e. The van der Waals surface area contributed by atoms with Crippen LogP contribution in [0.15, 0.2) is 33.6 Å². The summed E-state index contributed by atoms with van der Waals surface area (Å²) in [6, 6.07) is 6.61. The first kappa shape index (κ1) is 17.1. The number of carbonyl (C=O) groups is 1. The van der Waals surface area contributed by atoms with E-state index in [4.69, 9.17) is 0 Å². The van der Waals surface area contributed by atoms with Crippen LogP contribution in [0.3, 0.4) is 0 Å². The fourth-order valence-corrected chi connectivity index (χ4v) is 4.06. The van der Waals surface area contributed by atoms with Gasteiger partial charge in [-0.1, -0.05) is 19.1 Å². The molecule has 112 valence electrons. The highest BCUT2D eigenvalue weighted by atomic mass is 79.9. The number of rotatable bonds is 6. The van der Waals surface area contributed by atoms with E-state index in [0.29, 0.717) is 17.4 Å². The van der Waals surface area contributed by atoms with E-state index in [2.05, 4.69) is 15.9 Å². The van der Waals surface area contributed by atoms with Gasteiger partial charge >= 0.3 is 0 Å². The first-order valence-corrected chi connectivity index (χ1v) is 8.48. The third-order valence-electron chi connectivity index (χ3n) is 2.74. The second kappa shape index (κ2) is 7.19.